The molecular formula is C26H25N9O. The van der Waals surface area contributed by atoms with E-state index in [2.05, 4.69) is 43.3 Å². The molecule has 0 unspecified atom stereocenters. The summed E-state index contributed by atoms with van der Waals surface area (Å²) >= 11 is 0. The molecule has 5 heterocycles. The molecule has 10 nitrogen and oxygen atoms in total. The summed E-state index contributed by atoms with van der Waals surface area (Å²) < 4.78 is 3.63. The number of anilines is 2. The van der Waals surface area contributed by atoms with Crippen molar-refractivity contribution in [3.05, 3.63) is 79.4 Å². The van der Waals surface area contributed by atoms with Gasteiger partial charge in [-0.2, -0.15) is 5.10 Å². The van der Waals surface area contributed by atoms with Crippen LogP contribution >= 0.6 is 0 Å². The van der Waals surface area contributed by atoms with Gasteiger partial charge in [0.05, 0.1) is 5.69 Å². The second kappa shape index (κ2) is 9.21. The van der Waals surface area contributed by atoms with Gasteiger partial charge in [0.2, 0.25) is 5.91 Å². The Balaban J connectivity index is 1.11. The molecule has 0 aliphatic carbocycles. The molecule has 1 aliphatic rings. The van der Waals surface area contributed by atoms with Crippen molar-refractivity contribution < 1.29 is 4.79 Å². The van der Waals surface area contributed by atoms with E-state index in [0.717, 1.165) is 59.9 Å². The zero-order valence-electron chi connectivity index (χ0n) is 19.8. The lowest BCUT2D eigenvalue weighted by Gasteiger charge is -2.32. The number of piperidine rings is 1. The summed E-state index contributed by atoms with van der Waals surface area (Å²) in [7, 11) is 0. The highest BCUT2D eigenvalue weighted by Crippen LogP contribution is 2.26. The summed E-state index contributed by atoms with van der Waals surface area (Å²) in [6, 6.07) is 13.8. The molecule has 180 valence electrons. The number of carbonyl (C=O) groups excluding carboxylic acids is 1. The van der Waals surface area contributed by atoms with Crippen LogP contribution in [0, 0.1) is 12.8 Å². The topological polar surface area (TPSA) is 106 Å². The van der Waals surface area contributed by atoms with E-state index < -0.39 is 0 Å². The minimum atomic E-state index is -0.0561. The van der Waals surface area contributed by atoms with Crippen LogP contribution in [0.5, 0.6) is 0 Å². The molecule has 1 amide bonds. The van der Waals surface area contributed by atoms with Crippen molar-refractivity contribution in [2.24, 2.45) is 5.92 Å². The molecule has 0 saturated carbocycles. The van der Waals surface area contributed by atoms with Gasteiger partial charge in [0.25, 0.3) is 0 Å². The van der Waals surface area contributed by atoms with Crippen molar-refractivity contribution in [1.82, 2.24) is 34.1 Å². The van der Waals surface area contributed by atoms with Crippen molar-refractivity contribution in [2.75, 3.05) is 23.3 Å². The molecular weight excluding hydrogens is 454 g/mol. The van der Waals surface area contributed by atoms with Crippen LogP contribution in [0.25, 0.3) is 22.7 Å². The molecule has 1 saturated heterocycles. The molecule has 1 N–H and O–H groups in total. The zero-order chi connectivity index (χ0) is 24.5. The molecule has 0 radical (unpaired) electrons. The van der Waals surface area contributed by atoms with Crippen molar-refractivity contribution >= 4 is 23.1 Å². The second-order valence-electron chi connectivity index (χ2n) is 8.95. The highest BCUT2D eigenvalue weighted by molar-refractivity contribution is 5.93. The van der Waals surface area contributed by atoms with E-state index in [4.69, 9.17) is 4.98 Å². The van der Waals surface area contributed by atoms with E-state index in [1.807, 2.05) is 53.2 Å². The Morgan fingerprint density at radius 2 is 1.89 bits per heavy atom. The first-order chi connectivity index (χ1) is 17.6. The van der Waals surface area contributed by atoms with Gasteiger partial charge in [0.1, 0.15) is 30.4 Å². The number of pyridine rings is 1. The Morgan fingerprint density at radius 3 is 2.69 bits per heavy atom. The molecule has 0 bridgehead atoms. The average Bonchev–Trinajstić information content (AvgIpc) is 3.61. The highest BCUT2D eigenvalue weighted by Gasteiger charge is 2.26. The maximum absolute atomic E-state index is 13.1. The number of aromatic nitrogens is 7. The standard InChI is InChI=1S/C26H25N9O/c1-18-4-3-9-34-14-22(32-25(18)34)20-5-2-6-21(12-20)31-26(36)19-7-10-33(11-8-19)23-13-24(29-16-28-23)35-17-27-15-30-35/h2-6,9,12-17,19H,7-8,10-11H2,1H3,(H,31,36). The van der Waals surface area contributed by atoms with E-state index in [9.17, 15) is 4.79 Å². The molecule has 1 fully saturated rings. The molecule has 1 aromatic carbocycles. The van der Waals surface area contributed by atoms with E-state index in [-0.39, 0.29) is 11.8 Å². The van der Waals surface area contributed by atoms with Gasteiger partial charge < -0.3 is 14.6 Å². The van der Waals surface area contributed by atoms with Gasteiger partial charge in [-0.1, -0.05) is 18.2 Å². The fraction of sp³-hybridized carbons (Fsp3) is 0.231. The number of amides is 1. The van der Waals surface area contributed by atoms with Gasteiger partial charge in [-0.3, -0.25) is 4.79 Å². The Kier molecular flexibility index (Phi) is 5.61. The number of aryl methyl sites for hydroxylation is 1. The number of imidazole rings is 1. The van der Waals surface area contributed by atoms with Crippen LogP contribution in [0.15, 0.2) is 73.8 Å². The maximum Gasteiger partial charge on any atom is 0.227 e. The van der Waals surface area contributed by atoms with Crippen LogP contribution in [-0.4, -0.2) is 53.1 Å². The first-order valence-corrected chi connectivity index (χ1v) is 11.9. The van der Waals surface area contributed by atoms with Crippen molar-refractivity contribution in [1.29, 1.82) is 0 Å². The van der Waals surface area contributed by atoms with Crippen LogP contribution in [0.2, 0.25) is 0 Å². The summed E-state index contributed by atoms with van der Waals surface area (Å²) in [5.74, 6) is 1.48. The lowest BCUT2D eigenvalue weighted by Crippen LogP contribution is -2.38. The van der Waals surface area contributed by atoms with E-state index in [0.29, 0.717) is 5.82 Å². The van der Waals surface area contributed by atoms with Gasteiger partial charge >= 0.3 is 0 Å². The Hall–Kier alpha value is -4.60. The minimum Gasteiger partial charge on any atom is -0.356 e. The van der Waals surface area contributed by atoms with Crippen molar-refractivity contribution in [3.8, 4) is 17.1 Å². The molecule has 0 atom stereocenters. The fourth-order valence-corrected chi connectivity index (χ4v) is 4.63. The Bertz CT molecular complexity index is 1520. The number of rotatable bonds is 5. The first kappa shape index (κ1) is 21.9. The van der Waals surface area contributed by atoms with Crippen LogP contribution < -0.4 is 10.2 Å². The van der Waals surface area contributed by atoms with Gasteiger partial charge in [-0.25, -0.2) is 24.6 Å². The molecule has 5 aromatic rings. The summed E-state index contributed by atoms with van der Waals surface area (Å²) in [6.07, 6.45) is 10.1. The quantitative estimate of drug-likeness (QED) is 0.411. The number of fused-ring (bicyclic) bond motifs is 1. The smallest absolute Gasteiger partial charge is 0.227 e. The van der Waals surface area contributed by atoms with Crippen molar-refractivity contribution in [2.45, 2.75) is 19.8 Å². The highest BCUT2D eigenvalue weighted by atomic mass is 16.1. The van der Waals surface area contributed by atoms with Gasteiger partial charge in [0, 0.05) is 48.7 Å². The molecule has 1 aliphatic heterocycles. The average molecular weight is 480 g/mol. The Labute approximate surface area is 207 Å². The molecule has 0 spiro atoms. The molecule has 4 aromatic heterocycles. The summed E-state index contributed by atoms with van der Waals surface area (Å²) in [4.78, 5) is 32.7. The van der Waals surface area contributed by atoms with Crippen LogP contribution in [0.4, 0.5) is 11.5 Å². The maximum atomic E-state index is 13.1. The summed E-state index contributed by atoms with van der Waals surface area (Å²) in [6.45, 7) is 3.54. The lowest BCUT2D eigenvalue weighted by molar-refractivity contribution is -0.120. The Morgan fingerprint density at radius 1 is 1.03 bits per heavy atom. The number of benzene rings is 1. The van der Waals surface area contributed by atoms with Crippen LogP contribution in [0.1, 0.15) is 18.4 Å². The summed E-state index contributed by atoms with van der Waals surface area (Å²) in [5, 5.41) is 7.24. The second-order valence-corrected chi connectivity index (χ2v) is 8.95. The summed E-state index contributed by atoms with van der Waals surface area (Å²) in [5.41, 5.74) is 4.69. The molecule has 10 heteroatoms. The minimum absolute atomic E-state index is 0.0450. The number of nitrogens with zero attached hydrogens (tertiary/aromatic N) is 8. The van der Waals surface area contributed by atoms with E-state index >= 15 is 0 Å². The third-order valence-corrected chi connectivity index (χ3v) is 6.59. The molecule has 36 heavy (non-hydrogen) atoms. The van der Waals surface area contributed by atoms with Crippen molar-refractivity contribution in [3.63, 3.8) is 0 Å². The van der Waals surface area contributed by atoms with Gasteiger partial charge in [-0.15, -0.1) is 0 Å². The monoisotopic (exact) mass is 479 g/mol. The normalized spacial score (nSPS) is 14.3. The largest absolute Gasteiger partial charge is 0.356 e. The van der Waals surface area contributed by atoms with E-state index in [1.54, 1.807) is 11.0 Å². The molecule has 6 rings (SSSR count). The third kappa shape index (κ3) is 4.28. The predicted molar refractivity (Wildman–Crippen MR) is 136 cm³/mol. The number of hydrogen-bond acceptors (Lipinski definition) is 7. The van der Waals surface area contributed by atoms with Gasteiger partial charge in [0.15, 0.2) is 5.82 Å². The van der Waals surface area contributed by atoms with Gasteiger partial charge in [-0.05, 0) is 43.5 Å². The number of hydrogen-bond donors (Lipinski definition) is 1. The lowest BCUT2D eigenvalue weighted by atomic mass is 9.95. The first-order valence-electron chi connectivity index (χ1n) is 11.9. The number of nitrogens with one attached hydrogen (secondary N) is 1. The number of carbonyl (C=O) groups is 1. The third-order valence-electron chi connectivity index (χ3n) is 6.59. The fourth-order valence-electron chi connectivity index (χ4n) is 4.63. The zero-order valence-corrected chi connectivity index (χ0v) is 19.8. The van der Waals surface area contributed by atoms with Crippen LogP contribution in [-0.2, 0) is 4.79 Å². The van der Waals surface area contributed by atoms with Crippen LogP contribution in [0.3, 0.4) is 0 Å². The SMILES string of the molecule is Cc1cccn2cc(-c3cccc(NC(=O)C4CCN(c5cc(-n6cncn6)ncn5)CC4)c3)nc12. The van der Waals surface area contributed by atoms with E-state index in [1.165, 1.54) is 12.7 Å². The predicted octanol–water partition coefficient (Wildman–Crippen LogP) is 3.54.